The van der Waals surface area contributed by atoms with E-state index in [1.165, 1.54) is 4.90 Å². The highest BCUT2D eigenvalue weighted by Gasteiger charge is 2.50. The fourth-order valence-electron chi connectivity index (χ4n) is 4.76. The van der Waals surface area contributed by atoms with Gasteiger partial charge in [-0.05, 0) is 41.7 Å². The summed E-state index contributed by atoms with van der Waals surface area (Å²) in [6.45, 7) is 6.41. The molecule has 5 nitrogen and oxygen atoms in total. The van der Waals surface area contributed by atoms with Gasteiger partial charge in [-0.15, -0.1) is 0 Å². The maximum Gasteiger partial charge on any atom is 0.410 e. The molecule has 2 aromatic rings. The molecule has 37 heavy (non-hydrogen) atoms. The first-order valence-electron chi connectivity index (χ1n) is 12.6. The predicted octanol–water partition coefficient (Wildman–Crippen LogP) is 7.15. The van der Waals surface area contributed by atoms with Crippen molar-refractivity contribution in [1.82, 2.24) is 4.90 Å². The second-order valence-corrected chi connectivity index (χ2v) is 11.0. The van der Waals surface area contributed by atoms with Crippen molar-refractivity contribution in [2.75, 3.05) is 13.1 Å². The molecule has 0 aliphatic carbocycles. The smallest absolute Gasteiger partial charge is 0.410 e. The molecule has 8 heteroatoms. The van der Waals surface area contributed by atoms with E-state index in [0.29, 0.717) is 13.0 Å². The molecular weight excluding hydrogens is 483 g/mol. The number of nitrogens with zero attached hydrogens (tertiary/aromatic N) is 1. The van der Waals surface area contributed by atoms with Crippen molar-refractivity contribution >= 4 is 12.1 Å². The normalized spacial score (nSPS) is 20.4. The Balaban J connectivity index is 1.83. The third-order valence-corrected chi connectivity index (χ3v) is 7.02. The van der Waals surface area contributed by atoms with Crippen molar-refractivity contribution in [3.8, 4) is 0 Å². The lowest BCUT2D eigenvalue weighted by atomic mass is 9.65. The van der Waals surface area contributed by atoms with Crippen LogP contribution in [0.2, 0.25) is 0 Å². The van der Waals surface area contributed by atoms with Gasteiger partial charge in [-0.1, -0.05) is 81.4 Å². The van der Waals surface area contributed by atoms with E-state index in [0.717, 1.165) is 11.1 Å². The molecule has 0 unspecified atom stereocenters. The van der Waals surface area contributed by atoms with Gasteiger partial charge in [0.1, 0.15) is 13.2 Å². The van der Waals surface area contributed by atoms with E-state index in [9.17, 15) is 22.8 Å². The van der Waals surface area contributed by atoms with Crippen LogP contribution >= 0.6 is 0 Å². The summed E-state index contributed by atoms with van der Waals surface area (Å²) in [7, 11) is 0. The number of ether oxygens (including phenoxy) is 2. The molecule has 202 valence electrons. The maximum atomic E-state index is 13.6. The molecule has 1 aliphatic heterocycles. The quantitative estimate of drug-likeness (QED) is 0.348. The zero-order valence-corrected chi connectivity index (χ0v) is 21.7. The molecule has 1 heterocycles. The van der Waals surface area contributed by atoms with E-state index in [1.807, 2.05) is 81.4 Å². The van der Waals surface area contributed by atoms with Crippen LogP contribution in [0.4, 0.5) is 18.0 Å². The van der Waals surface area contributed by atoms with Gasteiger partial charge in [0.15, 0.2) is 0 Å². The van der Waals surface area contributed by atoms with Gasteiger partial charge in [-0.25, -0.2) is 4.79 Å². The minimum Gasteiger partial charge on any atom is -0.460 e. The van der Waals surface area contributed by atoms with Crippen LogP contribution in [0.1, 0.15) is 57.6 Å². The second kappa shape index (κ2) is 12.0. The SMILES string of the molecule is CC(C)(C)[C@H]1CN(C(=O)OCc2ccccc2)C[C@](CCCC(F)(F)F)(C(=O)OCc2ccccc2)C1. The number of esters is 1. The van der Waals surface area contributed by atoms with Crippen LogP contribution in [-0.2, 0) is 27.5 Å². The van der Waals surface area contributed by atoms with Crippen LogP contribution in [-0.4, -0.2) is 36.2 Å². The zero-order valence-electron chi connectivity index (χ0n) is 21.7. The summed E-state index contributed by atoms with van der Waals surface area (Å²) in [6.07, 6.45) is -5.84. The van der Waals surface area contributed by atoms with Crippen LogP contribution < -0.4 is 0 Å². The number of alkyl halides is 3. The highest BCUT2D eigenvalue weighted by Crippen LogP contribution is 2.46. The number of hydrogen-bond acceptors (Lipinski definition) is 4. The molecule has 1 fully saturated rings. The molecule has 2 aromatic carbocycles. The van der Waals surface area contributed by atoms with Gasteiger partial charge in [0.2, 0.25) is 0 Å². The van der Waals surface area contributed by atoms with Gasteiger partial charge >= 0.3 is 18.2 Å². The molecule has 1 amide bonds. The first-order valence-corrected chi connectivity index (χ1v) is 12.6. The maximum absolute atomic E-state index is 13.6. The molecule has 1 saturated heterocycles. The van der Waals surface area contributed by atoms with Gasteiger partial charge in [-0.3, -0.25) is 4.79 Å². The number of benzene rings is 2. The summed E-state index contributed by atoms with van der Waals surface area (Å²) < 4.78 is 50.3. The minimum absolute atomic E-state index is 0.0132. The molecule has 0 aromatic heterocycles. The molecule has 3 rings (SSSR count). The van der Waals surface area contributed by atoms with Crippen LogP contribution in [0.25, 0.3) is 0 Å². The second-order valence-electron chi connectivity index (χ2n) is 11.0. The average molecular weight is 520 g/mol. The van der Waals surface area contributed by atoms with E-state index >= 15 is 0 Å². The van der Waals surface area contributed by atoms with Crippen molar-refractivity contribution in [2.24, 2.45) is 16.7 Å². The molecule has 0 N–H and O–H groups in total. The Morgan fingerprint density at radius 2 is 1.46 bits per heavy atom. The topological polar surface area (TPSA) is 55.8 Å². The number of carbonyl (C=O) groups excluding carboxylic acids is 2. The summed E-state index contributed by atoms with van der Waals surface area (Å²) >= 11 is 0. The fraction of sp³-hybridized carbons (Fsp3) is 0.517. The van der Waals surface area contributed by atoms with E-state index in [4.69, 9.17) is 9.47 Å². The third-order valence-electron chi connectivity index (χ3n) is 7.02. The van der Waals surface area contributed by atoms with Crippen molar-refractivity contribution in [1.29, 1.82) is 0 Å². The summed E-state index contributed by atoms with van der Waals surface area (Å²) in [5.41, 5.74) is 0.0394. The molecule has 0 radical (unpaired) electrons. The number of halogens is 3. The largest absolute Gasteiger partial charge is 0.460 e. The van der Waals surface area contributed by atoms with Crippen molar-refractivity contribution in [3.05, 3.63) is 71.8 Å². The third kappa shape index (κ3) is 8.51. The van der Waals surface area contributed by atoms with Crippen LogP contribution in [0.15, 0.2) is 60.7 Å². The molecule has 0 saturated carbocycles. The Morgan fingerprint density at radius 1 is 0.919 bits per heavy atom. The highest BCUT2D eigenvalue weighted by molar-refractivity contribution is 5.79. The standard InChI is InChI=1S/C29H36F3NO4/c1-27(2,3)24-17-28(15-10-16-29(30,31)32,25(34)36-19-22-11-6-4-7-12-22)21-33(18-24)26(35)37-20-23-13-8-5-9-14-23/h4-9,11-14,24H,10,15-21H2,1-3H3/t24-,28-/m1/s1. The highest BCUT2D eigenvalue weighted by atomic mass is 19.4. The Labute approximate surface area is 216 Å². The summed E-state index contributed by atoms with van der Waals surface area (Å²) in [6, 6.07) is 18.3. The van der Waals surface area contributed by atoms with Gasteiger partial charge < -0.3 is 14.4 Å². The Hall–Kier alpha value is -3.03. The van der Waals surface area contributed by atoms with Crippen molar-refractivity contribution < 1.29 is 32.2 Å². The molecule has 0 bridgehead atoms. The number of piperidine rings is 1. The Morgan fingerprint density at radius 3 is 1.97 bits per heavy atom. The summed E-state index contributed by atoms with van der Waals surface area (Å²) in [5.74, 6) is -0.714. The number of hydrogen-bond donors (Lipinski definition) is 0. The Bertz CT molecular complexity index is 1020. The lowest BCUT2D eigenvalue weighted by Gasteiger charge is -2.48. The van der Waals surface area contributed by atoms with Crippen LogP contribution in [0.3, 0.4) is 0 Å². The summed E-state index contributed by atoms with van der Waals surface area (Å²) in [4.78, 5) is 28.2. The molecule has 1 aliphatic rings. The fourth-order valence-corrected chi connectivity index (χ4v) is 4.76. The van der Waals surface area contributed by atoms with E-state index in [2.05, 4.69) is 0 Å². The number of likely N-dealkylation sites (tertiary alicyclic amines) is 1. The Kier molecular flexibility index (Phi) is 9.26. The van der Waals surface area contributed by atoms with Gasteiger partial charge in [0.05, 0.1) is 5.41 Å². The molecular formula is C29H36F3NO4. The van der Waals surface area contributed by atoms with Gasteiger partial charge in [-0.2, -0.15) is 13.2 Å². The van der Waals surface area contributed by atoms with Crippen molar-refractivity contribution in [3.63, 3.8) is 0 Å². The van der Waals surface area contributed by atoms with E-state index in [1.54, 1.807) is 0 Å². The van der Waals surface area contributed by atoms with E-state index in [-0.39, 0.29) is 43.9 Å². The molecule has 0 spiro atoms. The van der Waals surface area contributed by atoms with Gasteiger partial charge in [0.25, 0.3) is 0 Å². The first kappa shape index (κ1) is 28.5. The van der Waals surface area contributed by atoms with Gasteiger partial charge in [0, 0.05) is 19.5 Å². The predicted molar refractivity (Wildman–Crippen MR) is 134 cm³/mol. The molecule has 2 atom stereocenters. The number of rotatable bonds is 8. The van der Waals surface area contributed by atoms with Crippen LogP contribution in [0.5, 0.6) is 0 Å². The lowest BCUT2D eigenvalue weighted by molar-refractivity contribution is -0.166. The average Bonchev–Trinajstić information content (AvgIpc) is 2.85. The van der Waals surface area contributed by atoms with Crippen molar-refractivity contribution in [2.45, 2.75) is 65.8 Å². The first-order chi connectivity index (χ1) is 17.4. The minimum atomic E-state index is -4.33. The zero-order chi connectivity index (χ0) is 27.1. The lowest BCUT2D eigenvalue weighted by Crippen LogP contribution is -2.55. The van der Waals surface area contributed by atoms with E-state index < -0.39 is 30.1 Å². The number of amides is 1. The monoisotopic (exact) mass is 519 g/mol. The van der Waals surface area contributed by atoms with Crippen LogP contribution in [0, 0.1) is 16.7 Å². The number of carbonyl (C=O) groups is 2. The summed E-state index contributed by atoms with van der Waals surface area (Å²) in [5, 5.41) is 0.